The summed E-state index contributed by atoms with van der Waals surface area (Å²) in [6.45, 7) is 2.65. The van der Waals surface area contributed by atoms with Crippen LogP contribution in [-0.2, 0) is 4.79 Å². The molecule has 0 rings (SSSR count). The zero-order chi connectivity index (χ0) is 16.2. The zero-order valence-electron chi connectivity index (χ0n) is 12.3. The van der Waals surface area contributed by atoms with Crippen molar-refractivity contribution in [1.82, 2.24) is 10.0 Å². The van der Waals surface area contributed by atoms with Crippen LogP contribution in [0.5, 0.6) is 0 Å². The molecular formula is C10H26N4O5. The summed E-state index contributed by atoms with van der Waals surface area (Å²) >= 11 is 0. The van der Waals surface area contributed by atoms with Gasteiger partial charge in [0.1, 0.15) is 0 Å². The van der Waals surface area contributed by atoms with E-state index < -0.39 is 18.4 Å². The first-order valence-corrected chi connectivity index (χ1v) is 5.28. The standard InChI is InChI=1S/C5H12N2O2.C3H6O3.C2H8N2/c1-4(5(8)9)6-7(2)3;1-2(4)3(5)6;1-4(2)3/h5,8-9H,1-3H3;3,5-6H,1H3;3H2,1-2H3/b6-4+;;. The van der Waals surface area contributed by atoms with Crippen molar-refractivity contribution in [1.29, 1.82) is 0 Å². The van der Waals surface area contributed by atoms with Crippen LogP contribution in [0.4, 0.5) is 0 Å². The smallest absolute Gasteiger partial charge is 0.212 e. The Kier molecular flexibility index (Phi) is 16.2. The molecule has 0 heterocycles. The Balaban J connectivity index is -0.000000222. The molecule has 0 saturated heterocycles. The third kappa shape index (κ3) is 31.6. The fraction of sp³-hybridized carbons (Fsp3) is 0.800. The molecule has 0 aliphatic rings. The second-order valence-electron chi connectivity index (χ2n) is 3.91. The highest BCUT2D eigenvalue weighted by atomic mass is 16.5. The molecule has 0 aromatic carbocycles. The lowest BCUT2D eigenvalue weighted by Gasteiger charge is -2.07. The molecule has 19 heavy (non-hydrogen) atoms. The molecule has 0 bridgehead atoms. The van der Waals surface area contributed by atoms with Crippen molar-refractivity contribution in [3.63, 3.8) is 0 Å². The number of carbonyl (C=O) groups excluding carboxylic acids is 1. The molecular weight excluding hydrogens is 256 g/mol. The summed E-state index contributed by atoms with van der Waals surface area (Å²) in [5, 5.41) is 39.3. The number of aliphatic hydroxyl groups excluding tert-OH is 2. The van der Waals surface area contributed by atoms with Gasteiger partial charge in [0, 0.05) is 28.2 Å². The second-order valence-corrected chi connectivity index (χ2v) is 3.91. The van der Waals surface area contributed by atoms with Crippen LogP contribution in [0.3, 0.4) is 0 Å². The van der Waals surface area contributed by atoms with Gasteiger partial charge in [-0.2, -0.15) is 5.10 Å². The number of hydrogen-bond acceptors (Lipinski definition) is 9. The maximum absolute atomic E-state index is 9.64. The minimum atomic E-state index is -1.79. The van der Waals surface area contributed by atoms with Gasteiger partial charge in [0.05, 0.1) is 5.71 Å². The molecule has 0 aliphatic heterocycles. The van der Waals surface area contributed by atoms with E-state index in [1.54, 1.807) is 35.1 Å². The highest BCUT2D eigenvalue weighted by Crippen LogP contribution is 1.84. The second kappa shape index (κ2) is 13.3. The Bertz CT molecular complexity index is 252. The molecule has 0 aliphatic carbocycles. The molecule has 0 aromatic rings. The largest absolute Gasteiger partial charge is 0.363 e. The predicted octanol–water partition coefficient (Wildman–Crippen LogP) is -2.46. The minimum absolute atomic E-state index is 0.292. The van der Waals surface area contributed by atoms with Crippen LogP contribution < -0.4 is 5.84 Å². The third-order valence-electron chi connectivity index (χ3n) is 1.10. The van der Waals surface area contributed by atoms with E-state index in [1.807, 2.05) is 0 Å². The van der Waals surface area contributed by atoms with Crippen LogP contribution in [0, 0.1) is 0 Å². The molecule has 9 heteroatoms. The summed E-state index contributed by atoms with van der Waals surface area (Å²) in [6.07, 6.45) is -3.22. The Morgan fingerprint density at radius 2 is 1.26 bits per heavy atom. The van der Waals surface area contributed by atoms with Gasteiger partial charge in [-0.05, 0) is 13.8 Å². The van der Waals surface area contributed by atoms with Gasteiger partial charge in [0.2, 0.25) is 6.29 Å². The number of hydrazine groups is 1. The average molecular weight is 282 g/mol. The number of rotatable bonds is 3. The molecule has 0 saturated carbocycles. The highest BCUT2D eigenvalue weighted by molar-refractivity contribution is 5.84. The molecule has 0 atom stereocenters. The van der Waals surface area contributed by atoms with Crippen LogP contribution in [-0.4, -0.2) is 82.7 Å². The van der Waals surface area contributed by atoms with Gasteiger partial charge in [-0.1, -0.05) is 0 Å². The minimum Gasteiger partial charge on any atom is -0.363 e. The quantitative estimate of drug-likeness (QED) is 0.166. The van der Waals surface area contributed by atoms with E-state index in [0.717, 1.165) is 6.92 Å². The van der Waals surface area contributed by atoms with Gasteiger partial charge in [0.25, 0.3) is 0 Å². The first-order valence-electron chi connectivity index (χ1n) is 5.28. The summed E-state index contributed by atoms with van der Waals surface area (Å²) in [6, 6.07) is 0. The summed E-state index contributed by atoms with van der Waals surface area (Å²) < 4.78 is 0. The Morgan fingerprint density at radius 3 is 1.32 bits per heavy atom. The summed E-state index contributed by atoms with van der Waals surface area (Å²) in [4.78, 5) is 9.64. The van der Waals surface area contributed by atoms with Crippen molar-refractivity contribution >= 4 is 11.5 Å². The van der Waals surface area contributed by atoms with E-state index in [2.05, 4.69) is 5.10 Å². The predicted molar refractivity (Wildman–Crippen MR) is 71.8 cm³/mol. The first-order chi connectivity index (χ1) is 8.41. The number of hydrazone groups is 1. The van der Waals surface area contributed by atoms with Crippen LogP contribution >= 0.6 is 0 Å². The van der Waals surface area contributed by atoms with Gasteiger partial charge in [-0.15, -0.1) is 0 Å². The number of nitrogens with zero attached hydrogens (tertiary/aromatic N) is 3. The third-order valence-corrected chi connectivity index (χ3v) is 1.10. The van der Waals surface area contributed by atoms with E-state index in [0.29, 0.717) is 5.71 Å². The van der Waals surface area contributed by atoms with Crippen molar-refractivity contribution in [3.05, 3.63) is 0 Å². The molecule has 0 aromatic heterocycles. The van der Waals surface area contributed by atoms with Crippen LogP contribution in [0.2, 0.25) is 0 Å². The lowest BCUT2D eigenvalue weighted by Crippen LogP contribution is -2.19. The number of aliphatic hydroxyl groups is 4. The molecule has 6 N–H and O–H groups in total. The van der Waals surface area contributed by atoms with Crippen molar-refractivity contribution in [2.24, 2.45) is 10.9 Å². The molecule has 9 nitrogen and oxygen atoms in total. The molecule has 116 valence electrons. The van der Waals surface area contributed by atoms with E-state index in [9.17, 15) is 4.79 Å². The average Bonchev–Trinajstić information content (AvgIpc) is 2.15. The van der Waals surface area contributed by atoms with E-state index >= 15 is 0 Å². The highest BCUT2D eigenvalue weighted by Gasteiger charge is 2.00. The maximum atomic E-state index is 9.64. The molecule has 0 fully saturated rings. The lowest BCUT2D eigenvalue weighted by molar-refractivity contribution is -0.142. The van der Waals surface area contributed by atoms with Crippen molar-refractivity contribution in [2.45, 2.75) is 26.4 Å². The maximum Gasteiger partial charge on any atom is 0.212 e. The monoisotopic (exact) mass is 282 g/mol. The van der Waals surface area contributed by atoms with Crippen molar-refractivity contribution in [3.8, 4) is 0 Å². The van der Waals surface area contributed by atoms with Crippen LogP contribution in [0.1, 0.15) is 13.8 Å². The van der Waals surface area contributed by atoms with E-state index in [-0.39, 0.29) is 0 Å². The first kappa shape index (κ1) is 23.0. The van der Waals surface area contributed by atoms with Gasteiger partial charge >= 0.3 is 0 Å². The van der Waals surface area contributed by atoms with E-state index in [4.69, 9.17) is 26.3 Å². The number of hydrogen-bond donors (Lipinski definition) is 5. The van der Waals surface area contributed by atoms with Gasteiger partial charge in [-0.25, -0.2) is 0 Å². The summed E-state index contributed by atoms with van der Waals surface area (Å²) in [5.74, 6) is 4.31. The van der Waals surface area contributed by atoms with Gasteiger partial charge in [-0.3, -0.25) is 15.6 Å². The van der Waals surface area contributed by atoms with E-state index in [1.165, 1.54) is 10.0 Å². The lowest BCUT2D eigenvalue weighted by atomic mass is 10.4. The van der Waals surface area contributed by atoms with Crippen molar-refractivity contribution < 1.29 is 25.2 Å². The SMILES string of the molecule is C/C(=N\N(C)C)C(O)O.CC(=O)C(O)O.CN(C)N. The van der Waals surface area contributed by atoms with Crippen molar-refractivity contribution in [2.75, 3.05) is 28.2 Å². The number of Topliss-reactive ketones (excluding diaryl/α,β-unsaturated/α-hetero) is 1. The Hall–Kier alpha value is -1.10. The normalized spacial score (nSPS) is 10.7. The molecule has 0 unspecified atom stereocenters. The Morgan fingerprint density at radius 1 is 1.00 bits per heavy atom. The van der Waals surface area contributed by atoms with Gasteiger partial charge < -0.3 is 25.4 Å². The Labute approximate surface area is 113 Å². The topological polar surface area (TPSA) is 143 Å². The molecule has 0 spiro atoms. The fourth-order valence-electron chi connectivity index (χ4n) is 0.367. The molecule has 0 radical (unpaired) electrons. The number of nitrogens with two attached hydrogens (primary N) is 1. The number of ketones is 1. The fourth-order valence-corrected chi connectivity index (χ4v) is 0.367. The summed E-state index contributed by atoms with van der Waals surface area (Å²) in [7, 11) is 6.98. The van der Waals surface area contributed by atoms with Gasteiger partial charge in [0.15, 0.2) is 12.1 Å². The number of carbonyl (C=O) groups is 1. The zero-order valence-corrected chi connectivity index (χ0v) is 12.3. The van der Waals surface area contributed by atoms with Crippen LogP contribution in [0.25, 0.3) is 0 Å². The van der Waals surface area contributed by atoms with Crippen LogP contribution in [0.15, 0.2) is 5.10 Å². The molecule has 0 amide bonds. The summed E-state index contributed by atoms with van der Waals surface area (Å²) in [5.41, 5.74) is 0.292.